The summed E-state index contributed by atoms with van der Waals surface area (Å²) < 4.78 is 5.22. The van der Waals surface area contributed by atoms with Gasteiger partial charge in [-0.15, -0.1) is 0 Å². The van der Waals surface area contributed by atoms with E-state index in [4.69, 9.17) is 4.74 Å². The molecule has 0 radical (unpaired) electrons. The Hall–Kier alpha value is -1.46. The SMILES string of the molecule is CC(=O)C=CC1=CCC2C(CC1C)OC(=O)C2(O)CO. The van der Waals surface area contributed by atoms with Crippen LogP contribution in [-0.2, 0) is 14.3 Å². The van der Waals surface area contributed by atoms with Crippen LogP contribution in [0.1, 0.15) is 26.7 Å². The Kier molecular flexibility index (Phi) is 4.11. The standard InChI is InChI=1S/C15H20O5/c1-9-7-13-12(15(19,8-16)14(18)20-13)6-5-11(9)4-3-10(2)17/h3-5,9,12-13,16,19H,6-8H2,1-2H3. The van der Waals surface area contributed by atoms with Crippen molar-refractivity contribution in [2.75, 3.05) is 6.61 Å². The number of carbonyl (C=O) groups is 2. The first kappa shape index (κ1) is 14.9. The largest absolute Gasteiger partial charge is 0.460 e. The maximum absolute atomic E-state index is 11.7. The van der Waals surface area contributed by atoms with E-state index < -0.39 is 30.2 Å². The van der Waals surface area contributed by atoms with Gasteiger partial charge in [0.25, 0.3) is 0 Å². The van der Waals surface area contributed by atoms with E-state index in [1.165, 1.54) is 13.0 Å². The van der Waals surface area contributed by atoms with E-state index in [9.17, 15) is 19.8 Å². The third-order valence-electron chi connectivity index (χ3n) is 4.19. The molecular formula is C15H20O5. The number of ketones is 1. The normalized spacial score (nSPS) is 37.3. The van der Waals surface area contributed by atoms with Crippen LogP contribution in [0.5, 0.6) is 0 Å². The van der Waals surface area contributed by atoms with Crippen molar-refractivity contribution in [3.8, 4) is 0 Å². The summed E-state index contributed by atoms with van der Waals surface area (Å²) in [7, 11) is 0. The second-order valence-electron chi connectivity index (χ2n) is 5.65. The monoisotopic (exact) mass is 280 g/mol. The van der Waals surface area contributed by atoms with E-state index in [0.29, 0.717) is 12.8 Å². The Morgan fingerprint density at radius 3 is 2.90 bits per heavy atom. The van der Waals surface area contributed by atoms with Gasteiger partial charge in [0, 0.05) is 5.92 Å². The van der Waals surface area contributed by atoms with Gasteiger partial charge in [-0.1, -0.05) is 19.1 Å². The van der Waals surface area contributed by atoms with Gasteiger partial charge in [-0.05, 0) is 37.3 Å². The number of ether oxygens (including phenoxy) is 1. The summed E-state index contributed by atoms with van der Waals surface area (Å²) in [6, 6.07) is 0. The summed E-state index contributed by atoms with van der Waals surface area (Å²) in [5, 5.41) is 19.6. The Morgan fingerprint density at radius 2 is 2.30 bits per heavy atom. The molecule has 0 aromatic rings. The summed E-state index contributed by atoms with van der Waals surface area (Å²) in [5.74, 6) is -1.08. The van der Waals surface area contributed by atoms with Gasteiger partial charge in [0.05, 0.1) is 6.61 Å². The van der Waals surface area contributed by atoms with Crippen molar-refractivity contribution in [2.45, 2.75) is 38.4 Å². The van der Waals surface area contributed by atoms with Crippen LogP contribution in [0.3, 0.4) is 0 Å². The van der Waals surface area contributed by atoms with Crippen molar-refractivity contribution in [3.05, 3.63) is 23.8 Å². The van der Waals surface area contributed by atoms with Crippen LogP contribution in [0.4, 0.5) is 0 Å². The van der Waals surface area contributed by atoms with Crippen molar-refractivity contribution in [1.29, 1.82) is 0 Å². The summed E-state index contributed by atoms with van der Waals surface area (Å²) in [6.45, 7) is 2.84. The van der Waals surface area contributed by atoms with Crippen molar-refractivity contribution < 1.29 is 24.5 Å². The molecule has 110 valence electrons. The van der Waals surface area contributed by atoms with E-state index in [0.717, 1.165) is 5.57 Å². The Morgan fingerprint density at radius 1 is 1.60 bits per heavy atom. The molecule has 0 bridgehead atoms. The van der Waals surface area contributed by atoms with Gasteiger partial charge in [-0.2, -0.15) is 0 Å². The molecule has 4 atom stereocenters. The van der Waals surface area contributed by atoms with Crippen molar-refractivity contribution in [2.24, 2.45) is 11.8 Å². The molecule has 2 rings (SSSR count). The number of hydrogen-bond donors (Lipinski definition) is 2. The smallest absolute Gasteiger partial charge is 0.341 e. The van der Waals surface area contributed by atoms with E-state index >= 15 is 0 Å². The molecule has 5 nitrogen and oxygen atoms in total. The first-order valence-corrected chi connectivity index (χ1v) is 6.81. The van der Waals surface area contributed by atoms with E-state index in [1.807, 2.05) is 13.0 Å². The minimum Gasteiger partial charge on any atom is -0.460 e. The quantitative estimate of drug-likeness (QED) is 0.589. The van der Waals surface area contributed by atoms with Gasteiger partial charge in [0.15, 0.2) is 11.4 Å². The number of hydrogen-bond acceptors (Lipinski definition) is 5. The van der Waals surface area contributed by atoms with Crippen LogP contribution in [0.15, 0.2) is 23.8 Å². The number of aliphatic hydroxyl groups excluding tert-OH is 1. The fourth-order valence-corrected chi connectivity index (χ4v) is 2.92. The van der Waals surface area contributed by atoms with E-state index in [-0.39, 0.29) is 11.7 Å². The molecule has 1 fully saturated rings. The molecule has 2 aliphatic rings. The highest BCUT2D eigenvalue weighted by Crippen LogP contribution is 2.41. The zero-order chi connectivity index (χ0) is 14.9. The third-order valence-corrected chi connectivity index (χ3v) is 4.19. The summed E-state index contributed by atoms with van der Waals surface area (Å²) in [5.41, 5.74) is -0.813. The van der Waals surface area contributed by atoms with Gasteiger partial charge in [-0.25, -0.2) is 4.79 Å². The van der Waals surface area contributed by atoms with Gasteiger partial charge < -0.3 is 14.9 Å². The number of rotatable bonds is 3. The van der Waals surface area contributed by atoms with Crippen LogP contribution in [0.25, 0.3) is 0 Å². The third kappa shape index (κ3) is 2.55. The topological polar surface area (TPSA) is 83.8 Å². The fraction of sp³-hybridized carbons (Fsp3) is 0.600. The molecule has 5 heteroatoms. The Bertz CT molecular complexity index is 479. The van der Waals surface area contributed by atoms with Crippen LogP contribution in [0, 0.1) is 11.8 Å². The molecule has 1 aliphatic carbocycles. The van der Waals surface area contributed by atoms with Gasteiger partial charge >= 0.3 is 5.97 Å². The number of esters is 1. The van der Waals surface area contributed by atoms with Gasteiger partial charge in [-0.3, -0.25) is 4.79 Å². The maximum atomic E-state index is 11.7. The van der Waals surface area contributed by atoms with Crippen LogP contribution in [-0.4, -0.2) is 40.3 Å². The fourth-order valence-electron chi connectivity index (χ4n) is 2.92. The average molecular weight is 280 g/mol. The number of fused-ring (bicyclic) bond motifs is 1. The lowest BCUT2D eigenvalue weighted by atomic mass is 9.83. The number of carbonyl (C=O) groups excluding carboxylic acids is 2. The van der Waals surface area contributed by atoms with E-state index in [2.05, 4.69) is 0 Å². The number of aliphatic hydroxyl groups is 2. The molecule has 1 aliphatic heterocycles. The van der Waals surface area contributed by atoms with Gasteiger partial charge in [0.1, 0.15) is 6.10 Å². The molecule has 0 aromatic carbocycles. The molecule has 20 heavy (non-hydrogen) atoms. The van der Waals surface area contributed by atoms with Crippen LogP contribution >= 0.6 is 0 Å². The number of allylic oxidation sites excluding steroid dienone is 4. The molecule has 0 spiro atoms. The van der Waals surface area contributed by atoms with Crippen molar-refractivity contribution >= 4 is 11.8 Å². The molecule has 4 unspecified atom stereocenters. The minimum atomic E-state index is -1.80. The highest BCUT2D eigenvalue weighted by atomic mass is 16.6. The molecule has 0 saturated carbocycles. The predicted molar refractivity (Wildman–Crippen MR) is 71.7 cm³/mol. The minimum absolute atomic E-state index is 0.0270. The molecule has 0 aromatic heterocycles. The highest BCUT2D eigenvalue weighted by Gasteiger charge is 2.56. The highest BCUT2D eigenvalue weighted by molar-refractivity contribution is 5.87. The Labute approximate surface area is 117 Å². The lowest BCUT2D eigenvalue weighted by Crippen LogP contribution is -2.45. The summed E-state index contributed by atoms with van der Waals surface area (Å²) in [4.78, 5) is 22.7. The molecule has 1 heterocycles. The average Bonchev–Trinajstić information content (AvgIpc) is 2.53. The summed E-state index contributed by atoms with van der Waals surface area (Å²) >= 11 is 0. The first-order chi connectivity index (χ1) is 9.38. The molecule has 0 amide bonds. The van der Waals surface area contributed by atoms with Crippen LogP contribution < -0.4 is 0 Å². The molecule has 2 N–H and O–H groups in total. The van der Waals surface area contributed by atoms with Crippen LogP contribution in [0.2, 0.25) is 0 Å². The van der Waals surface area contributed by atoms with E-state index in [1.54, 1.807) is 6.08 Å². The summed E-state index contributed by atoms with van der Waals surface area (Å²) in [6.07, 6.45) is 5.82. The zero-order valence-corrected chi connectivity index (χ0v) is 11.7. The lowest BCUT2D eigenvalue weighted by molar-refractivity contribution is -0.159. The van der Waals surface area contributed by atoms with Crippen molar-refractivity contribution in [3.63, 3.8) is 0 Å². The maximum Gasteiger partial charge on any atom is 0.341 e. The molecule has 1 saturated heterocycles. The lowest BCUT2D eigenvalue weighted by Gasteiger charge is -2.24. The van der Waals surface area contributed by atoms with Gasteiger partial charge in [0.2, 0.25) is 0 Å². The Balaban J connectivity index is 2.24. The zero-order valence-electron chi connectivity index (χ0n) is 11.7. The first-order valence-electron chi connectivity index (χ1n) is 6.81. The predicted octanol–water partition coefficient (Wildman–Crippen LogP) is 0.753. The molecular weight excluding hydrogens is 260 g/mol. The van der Waals surface area contributed by atoms with Crippen molar-refractivity contribution in [1.82, 2.24) is 0 Å². The second kappa shape index (κ2) is 5.50. The second-order valence-corrected chi connectivity index (χ2v) is 5.65.